The molecule has 1 aliphatic heterocycles. The number of benzene rings is 1. The minimum absolute atomic E-state index is 0.0610. The fourth-order valence-electron chi connectivity index (χ4n) is 4.06. The van der Waals surface area contributed by atoms with E-state index in [-0.39, 0.29) is 5.91 Å². The molecule has 1 aromatic carbocycles. The van der Waals surface area contributed by atoms with Crippen LogP contribution in [0.5, 0.6) is 0 Å². The molecule has 1 saturated carbocycles. The number of morpholine rings is 1. The number of hydrogen-bond acceptors (Lipinski definition) is 6. The fourth-order valence-corrected chi connectivity index (χ4v) is 4.06. The van der Waals surface area contributed by atoms with Gasteiger partial charge in [-0.05, 0) is 37.8 Å². The van der Waals surface area contributed by atoms with E-state index in [4.69, 9.17) is 4.74 Å². The number of carbonyl (C=O) groups is 1. The molecule has 0 radical (unpaired) electrons. The summed E-state index contributed by atoms with van der Waals surface area (Å²) in [6.45, 7) is 4.90. The van der Waals surface area contributed by atoms with Gasteiger partial charge in [-0.25, -0.2) is 0 Å². The van der Waals surface area contributed by atoms with Crippen molar-refractivity contribution in [3.8, 4) is 0 Å². The zero-order valence-electron chi connectivity index (χ0n) is 15.8. The van der Waals surface area contributed by atoms with E-state index in [1.807, 2.05) is 0 Å². The molecule has 2 N–H and O–H groups in total. The van der Waals surface area contributed by atoms with E-state index in [2.05, 4.69) is 37.6 Å². The summed E-state index contributed by atoms with van der Waals surface area (Å²) in [5.74, 6) is 0.0610. The third-order valence-corrected chi connectivity index (χ3v) is 5.43. The molecule has 0 atom stereocenters. The van der Waals surface area contributed by atoms with Gasteiger partial charge < -0.3 is 20.3 Å². The average molecular weight is 369 g/mol. The van der Waals surface area contributed by atoms with E-state index in [1.165, 1.54) is 5.69 Å². The van der Waals surface area contributed by atoms with Crippen molar-refractivity contribution in [2.24, 2.45) is 0 Å². The summed E-state index contributed by atoms with van der Waals surface area (Å²) in [6.07, 6.45) is 7.57. The van der Waals surface area contributed by atoms with E-state index in [1.54, 1.807) is 19.3 Å². The number of aromatic nitrogens is 2. The van der Waals surface area contributed by atoms with Crippen LogP contribution in [0, 0.1) is 0 Å². The van der Waals surface area contributed by atoms with Gasteiger partial charge in [-0.2, -0.15) is 0 Å². The zero-order chi connectivity index (χ0) is 18.6. The number of hydrogen-bond donors (Lipinski definition) is 2. The molecule has 0 unspecified atom stereocenters. The number of rotatable bonds is 4. The van der Waals surface area contributed by atoms with Crippen LogP contribution >= 0.6 is 0 Å². The fraction of sp³-hybridized carbons (Fsp3) is 0.550. The third-order valence-electron chi connectivity index (χ3n) is 5.43. The topological polar surface area (TPSA) is 79.4 Å². The molecule has 7 heteroatoms. The SMILES string of the molecule is CC(=O)NC1CCC(Nc2cc(N3CCOCC3)cc3nccnc23)CC1. The van der Waals surface area contributed by atoms with Crippen molar-refractivity contribution in [2.75, 3.05) is 36.5 Å². The highest BCUT2D eigenvalue weighted by Crippen LogP contribution is 2.30. The highest BCUT2D eigenvalue weighted by Gasteiger charge is 2.23. The van der Waals surface area contributed by atoms with Crippen molar-refractivity contribution < 1.29 is 9.53 Å². The molecular formula is C20H27N5O2. The van der Waals surface area contributed by atoms with Crippen LogP contribution in [0.25, 0.3) is 11.0 Å². The van der Waals surface area contributed by atoms with E-state index in [9.17, 15) is 4.79 Å². The van der Waals surface area contributed by atoms with E-state index in [0.717, 1.165) is 68.7 Å². The normalized spacial score (nSPS) is 23.2. The Kier molecular flexibility index (Phi) is 5.38. The van der Waals surface area contributed by atoms with Crippen LogP contribution in [0.3, 0.4) is 0 Å². The maximum Gasteiger partial charge on any atom is 0.217 e. The molecule has 0 spiro atoms. The predicted molar refractivity (Wildman–Crippen MR) is 106 cm³/mol. The predicted octanol–water partition coefficient (Wildman–Crippen LogP) is 2.33. The lowest BCUT2D eigenvalue weighted by Crippen LogP contribution is -2.39. The summed E-state index contributed by atoms with van der Waals surface area (Å²) in [5, 5.41) is 6.74. The second kappa shape index (κ2) is 8.08. The molecule has 0 bridgehead atoms. The van der Waals surface area contributed by atoms with Gasteiger partial charge in [-0.15, -0.1) is 0 Å². The summed E-state index contributed by atoms with van der Waals surface area (Å²) < 4.78 is 5.48. The van der Waals surface area contributed by atoms with Crippen LogP contribution in [-0.4, -0.2) is 54.3 Å². The first-order valence-electron chi connectivity index (χ1n) is 9.80. The molecule has 2 heterocycles. The molecule has 1 amide bonds. The van der Waals surface area contributed by atoms with Crippen molar-refractivity contribution in [1.29, 1.82) is 0 Å². The Labute approximate surface area is 159 Å². The Morgan fingerprint density at radius 1 is 1.07 bits per heavy atom. The van der Waals surface area contributed by atoms with Crippen LogP contribution in [0.1, 0.15) is 32.6 Å². The molecule has 144 valence electrons. The highest BCUT2D eigenvalue weighted by molar-refractivity contribution is 5.91. The Bertz CT molecular complexity index is 798. The number of fused-ring (bicyclic) bond motifs is 1. The van der Waals surface area contributed by atoms with Crippen LogP contribution in [0.15, 0.2) is 24.5 Å². The van der Waals surface area contributed by atoms with Gasteiger partial charge >= 0.3 is 0 Å². The minimum atomic E-state index is 0.0610. The first-order chi connectivity index (χ1) is 13.2. The lowest BCUT2D eigenvalue weighted by Gasteiger charge is -2.32. The molecule has 27 heavy (non-hydrogen) atoms. The Morgan fingerprint density at radius 2 is 1.78 bits per heavy atom. The molecule has 4 rings (SSSR count). The van der Waals surface area contributed by atoms with Gasteiger partial charge in [0.15, 0.2) is 0 Å². The first kappa shape index (κ1) is 18.0. The molecule has 7 nitrogen and oxygen atoms in total. The van der Waals surface area contributed by atoms with Gasteiger partial charge in [0.05, 0.1) is 24.4 Å². The summed E-state index contributed by atoms with van der Waals surface area (Å²) in [4.78, 5) is 22.7. The van der Waals surface area contributed by atoms with Crippen molar-refractivity contribution in [2.45, 2.75) is 44.7 Å². The molecule has 2 aromatic rings. The largest absolute Gasteiger partial charge is 0.380 e. The second-order valence-corrected chi connectivity index (χ2v) is 7.41. The minimum Gasteiger partial charge on any atom is -0.380 e. The van der Waals surface area contributed by atoms with Gasteiger partial charge in [-0.1, -0.05) is 0 Å². The molecular weight excluding hydrogens is 342 g/mol. The van der Waals surface area contributed by atoms with Crippen molar-refractivity contribution in [3.05, 3.63) is 24.5 Å². The van der Waals surface area contributed by atoms with Crippen LogP contribution in [0.4, 0.5) is 11.4 Å². The zero-order valence-corrected chi connectivity index (χ0v) is 15.8. The third kappa shape index (κ3) is 4.30. The smallest absolute Gasteiger partial charge is 0.217 e. The highest BCUT2D eigenvalue weighted by atomic mass is 16.5. The van der Waals surface area contributed by atoms with Crippen molar-refractivity contribution in [1.82, 2.24) is 15.3 Å². The summed E-state index contributed by atoms with van der Waals surface area (Å²) in [5.41, 5.74) is 4.04. The Balaban J connectivity index is 1.53. The van der Waals surface area contributed by atoms with Gasteiger partial charge in [0.1, 0.15) is 5.52 Å². The van der Waals surface area contributed by atoms with Gasteiger partial charge in [0.2, 0.25) is 5.91 Å². The maximum absolute atomic E-state index is 11.3. The lowest BCUT2D eigenvalue weighted by atomic mass is 9.91. The van der Waals surface area contributed by atoms with Gasteiger partial charge in [0, 0.05) is 50.2 Å². The number of ether oxygens (including phenoxy) is 1. The molecule has 2 fully saturated rings. The van der Waals surface area contributed by atoms with E-state index < -0.39 is 0 Å². The van der Waals surface area contributed by atoms with Crippen LogP contribution in [0.2, 0.25) is 0 Å². The molecule has 1 aromatic heterocycles. The molecule has 1 aliphatic carbocycles. The first-order valence-corrected chi connectivity index (χ1v) is 9.80. The Morgan fingerprint density at radius 3 is 2.52 bits per heavy atom. The quantitative estimate of drug-likeness (QED) is 0.861. The van der Waals surface area contributed by atoms with Crippen molar-refractivity contribution in [3.63, 3.8) is 0 Å². The molecule has 1 saturated heterocycles. The second-order valence-electron chi connectivity index (χ2n) is 7.41. The maximum atomic E-state index is 11.3. The number of nitrogens with zero attached hydrogens (tertiary/aromatic N) is 3. The number of amides is 1. The van der Waals surface area contributed by atoms with Gasteiger partial charge in [0.25, 0.3) is 0 Å². The standard InChI is InChI=1S/C20H27N5O2/c1-14(26)23-15-2-4-16(5-3-15)24-19-13-17(25-8-10-27-11-9-25)12-18-20(19)22-7-6-21-18/h6-7,12-13,15-16,24H,2-5,8-11H2,1H3,(H,23,26). The van der Waals surface area contributed by atoms with Gasteiger partial charge in [-0.3, -0.25) is 14.8 Å². The average Bonchev–Trinajstić information content (AvgIpc) is 2.70. The Hall–Kier alpha value is -2.41. The van der Waals surface area contributed by atoms with E-state index in [0.29, 0.717) is 12.1 Å². The number of carbonyl (C=O) groups excluding carboxylic acids is 1. The summed E-state index contributed by atoms with van der Waals surface area (Å²) in [7, 11) is 0. The lowest BCUT2D eigenvalue weighted by molar-refractivity contribution is -0.119. The monoisotopic (exact) mass is 369 g/mol. The van der Waals surface area contributed by atoms with Crippen LogP contribution in [-0.2, 0) is 9.53 Å². The van der Waals surface area contributed by atoms with Crippen molar-refractivity contribution >= 4 is 28.3 Å². The summed E-state index contributed by atoms with van der Waals surface area (Å²) >= 11 is 0. The summed E-state index contributed by atoms with van der Waals surface area (Å²) in [6, 6.07) is 5.01. The van der Waals surface area contributed by atoms with E-state index >= 15 is 0 Å². The number of anilines is 2. The van der Waals surface area contributed by atoms with Crippen LogP contribution < -0.4 is 15.5 Å². The number of nitrogens with one attached hydrogen (secondary N) is 2. The molecule has 2 aliphatic rings.